The van der Waals surface area contributed by atoms with Crippen molar-refractivity contribution < 1.29 is 0 Å². The monoisotopic (exact) mass is 221 g/mol. The average Bonchev–Trinajstić information content (AvgIpc) is 2.75. The zero-order valence-corrected chi connectivity index (χ0v) is 10.3. The van der Waals surface area contributed by atoms with Crippen LogP contribution >= 0.6 is 0 Å². The largest absolute Gasteiger partial charge is 0.311 e. The summed E-state index contributed by atoms with van der Waals surface area (Å²) in [5.74, 6) is 0.258. The van der Waals surface area contributed by atoms with Gasteiger partial charge in [0.1, 0.15) is 0 Å². The first-order valence-corrected chi connectivity index (χ1v) is 6.64. The molecule has 1 aliphatic heterocycles. The number of nitrogens with one attached hydrogen (secondary N) is 1. The molecule has 1 saturated carbocycles. The van der Waals surface area contributed by atoms with Crippen LogP contribution in [0, 0.1) is 17.2 Å². The maximum absolute atomic E-state index is 9.02. The van der Waals surface area contributed by atoms with E-state index in [1.54, 1.807) is 0 Å². The Morgan fingerprint density at radius 1 is 1.25 bits per heavy atom. The van der Waals surface area contributed by atoms with Gasteiger partial charge < -0.3 is 10.2 Å². The predicted octanol–water partition coefficient (Wildman–Crippen LogP) is 1.75. The van der Waals surface area contributed by atoms with Crippen molar-refractivity contribution in [2.24, 2.45) is 5.92 Å². The number of likely N-dealkylation sites (tertiary alicyclic amines) is 1. The number of rotatable bonds is 3. The van der Waals surface area contributed by atoms with Crippen LogP contribution in [0.15, 0.2) is 0 Å². The lowest BCUT2D eigenvalue weighted by atomic mass is 10.0. The molecule has 1 heterocycles. The molecule has 16 heavy (non-hydrogen) atoms. The highest BCUT2D eigenvalue weighted by Gasteiger charge is 2.28. The van der Waals surface area contributed by atoms with E-state index in [0.29, 0.717) is 12.1 Å². The molecule has 90 valence electrons. The molecular formula is C13H23N3. The standard InChI is InChI=1S/C13H23N3/c1-16-8-3-2-6-12(16)10-15-13-7-4-5-11(13)9-14/h11-13,15H,2-8,10H2,1H3. The summed E-state index contributed by atoms with van der Waals surface area (Å²) in [5.41, 5.74) is 0. The van der Waals surface area contributed by atoms with Crippen LogP contribution in [0.2, 0.25) is 0 Å². The van der Waals surface area contributed by atoms with Gasteiger partial charge in [-0.1, -0.05) is 12.8 Å². The van der Waals surface area contributed by atoms with Crippen LogP contribution in [0.4, 0.5) is 0 Å². The van der Waals surface area contributed by atoms with Crippen LogP contribution in [-0.2, 0) is 0 Å². The van der Waals surface area contributed by atoms with E-state index in [-0.39, 0.29) is 5.92 Å². The molecule has 0 spiro atoms. The molecular weight excluding hydrogens is 198 g/mol. The van der Waals surface area contributed by atoms with Crippen molar-refractivity contribution in [3.8, 4) is 6.07 Å². The third-order valence-electron chi connectivity index (χ3n) is 4.22. The first-order valence-electron chi connectivity index (χ1n) is 6.64. The van der Waals surface area contributed by atoms with Gasteiger partial charge in [0.2, 0.25) is 0 Å². The number of hydrogen-bond acceptors (Lipinski definition) is 3. The van der Waals surface area contributed by atoms with E-state index in [2.05, 4.69) is 23.3 Å². The van der Waals surface area contributed by atoms with Gasteiger partial charge >= 0.3 is 0 Å². The molecule has 0 bridgehead atoms. The third kappa shape index (κ3) is 2.75. The fourth-order valence-corrected chi connectivity index (χ4v) is 3.05. The number of likely N-dealkylation sites (N-methyl/N-ethyl adjacent to an activating group) is 1. The Labute approximate surface area is 98.8 Å². The Bertz CT molecular complexity index is 258. The van der Waals surface area contributed by atoms with E-state index < -0.39 is 0 Å². The average molecular weight is 221 g/mol. The molecule has 0 amide bonds. The molecule has 2 rings (SSSR count). The highest BCUT2D eigenvalue weighted by atomic mass is 15.2. The molecule has 3 heteroatoms. The summed E-state index contributed by atoms with van der Waals surface area (Å²) in [7, 11) is 2.22. The number of nitriles is 1. The Morgan fingerprint density at radius 2 is 2.12 bits per heavy atom. The fourth-order valence-electron chi connectivity index (χ4n) is 3.05. The predicted molar refractivity (Wildman–Crippen MR) is 65.0 cm³/mol. The van der Waals surface area contributed by atoms with Gasteiger partial charge in [0.05, 0.1) is 12.0 Å². The topological polar surface area (TPSA) is 39.1 Å². The second-order valence-corrected chi connectivity index (χ2v) is 5.31. The summed E-state index contributed by atoms with van der Waals surface area (Å²) in [6.07, 6.45) is 7.52. The molecule has 2 fully saturated rings. The molecule has 0 aromatic rings. The van der Waals surface area contributed by atoms with E-state index in [1.165, 1.54) is 38.6 Å². The van der Waals surface area contributed by atoms with E-state index in [0.717, 1.165) is 13.0 Å². The van der Waals surface area contributed by atoms with Crippen molar-refractivity contribution in [2.75, 3.05) is 20.1 Å². The second-order valence-electron chi connectivity index (χ2n) is 5.31. The molecule has 3 atom stereocenters. The van der Waals surface area contributed by atoms with Crippen LogP contribution in [0.1, 0.15) is 38.5 Å². The van der Waals surface area contributed by atoms with Gasteiger partial charge in [-0.15, -0.1) is 0 Å². The van der Waals surface area contributed by atoms with Gasteiger partial charge in [-0.2, -0.15) is 5.26 Å². The number of piperidine rings is 1. The summed E-state index contributed by atoms with van der Waals surface area (Å²) in [5, 5.41) is 12.6. The minimum absolute atomic E-state index is 0.258. The first-order chi connectivity index (χ1) is 7.81. The number of nitrogens with zero attached hydrogens (tertiary/aromatic N) is 2. The van der Waals surface area contributed by atoms with Gasteiger partial charge in [-0.05, 0) is 39.3 Å². The maximum atomic E-state index is 9.02. The van der Waals surface area contributed by atoms with E-state index in [1.807, 2.05) is 0 Å². The SMILES string of the molecule is CN1CCCCC1CNC1CCCC1C#N. The molecule has 1 aliphatic carbocycles. The first kappa shape index (κ1) is 11.9. The fraction of sp³-hybridized carbons (Fsp3) is 0.923. The van der Waals surface area contributed by atoms with E-state index >= 15 is 0 Å². The second kappa shape index (κ2) is 5.65. The number of hydrogen-bond donors (Lipinski definition) is 1. The Balaban J connectivity index is 1.76. The van der Waals surface area contributed by atoms with Crippen molar-refractivity contribution in [1.82, 2.24) is 10.2 Å². The lowest BCUT2D eigenvalue weighted by Gasteiger charge is -2.33. The third-order valence-corrected chi connectivity index (χ3v) is 4.22. The summed E-state index contributed by atoms with van der Waals surface area (Å²) in [6.45, 7) is 2.30. The van der Waals surface area contributed by atoms with Crippen LogP contribution in [0.3, 0.4) is 0 Å². The molecule has 0 radical (unpaired) electrons. The van der Waals surface area contributed by atoms with Crippen molar-refractivity contribution in [3.05, 3.63) is 0 Å². The quantitative estimate of drug-likeness (QED) is 0.789. The minimum Gasteiger partial charge on any atom is -0.311 e. The van der Waals surface area contributed by atoms with Crippen molar-refractivity contribution >= 4 is 0 Å². The maximum Gasteiger partial charge on any atom is 0.0672 e. The molecule has 1 saturated heterocycles. The van der Waals surface area contributed by atoms with Gasteiger partial charge in [0, 0.05) is 18.6 Å². The summed E-state index contributed by atoms with van der Waals surface area (Å²) < 4.78 is 0. The smallest absolute Gasteiger partial charge is 0.0672 e. The van der Waals surface area contributed by atoms with Crippen molar-refractivity contribution in [2.45, 2.75) is 50.6 Å². The van der Waals surface area contributed by atoms with Crippen molar-refractivity contribution in [3.63, 3.8) is 0 Å². The molecule has 3 nitrogen and oxygen atoms in total. The molecule has 0 aromatic heterocycles. The molecule has 1 N–H and O–H groups in total. The van der Waals surface area contributed by atoms with E-state index in [4.69, 9.17) is 5.26 Å². The Hall–Kier alpha value is -0.590. The van der Waals surface area contributed by atoms with E-state index in [9.17, 15) is 0 Å². The zero-order valence-electron chi connectivity index (χ0n) is 10.3. The van der Waals surface area contributed by atoms with Gasteiger partial charge in [0.25, 0.3) is 0 Å². The molecule has 2 aliphatic rings. The Kier molecular flexibility index (Phi) is 4.20. The summed E-state index contributed by atoms with van der Waals surface area (Å²) in [4.78, 5) is 2.47. The zero-order chi connectivity index (χ0) is 11.4. The van der Waals surface area contributed by atoms with Crippen LogP contribution in [0.25, 0.3) is 0 Å². The molecule has 0 aromatic carbocycles. The summed E-state index contributed by atoms with van der Waals surface area (Å²) >= 11 is 0. The normalized spacial score (nSPS) is 36.1. The minimum atomic E-state index is 0.258. The van der Waals surface area contributed by atoms with Crippen LogP contribution < -0.4 is 5.32 Å². The van der Waals surface area contributed by atoms with Gasteiger partial charge in [0.15, 0.2) is 0 Å². The van der Waals surface area contributed by atoms with Gasteiger partial charge in [-0.3, -0.25) is 0 Å². The highest BCUT2D eigenvalue weighted by Crippen LogP contribution is 2.25. The van der Waals surface area contributed by atoms with Crippen molar-refractivity contribution in [1.29, 1.82) is 5.26 Å². The van der Waals surface area contributed by atoms with Crippen LogP contribution in [-0.4, -0.2) is 37.1 Å². The lowest BCUT2D eigenvalue weighted by Crippen LogP contribution is -2.46. The lowest BCUT2D eigenvalue weighted by molar-refractivity contribution is 0.176. The van der Waals surface area contributed by atoms with Gasteiger partial charge in [-0.25, -0.2) is 0 Å². The van der Waals surface area contributed by atoms with Crippen LogP contribution in [0.5, 0.6) is 0 Å². The summed E-state index contributed by atoms with van der Waals surface area (Å²) in [6, 6.07) is 3.58. The molecule has 3 unspecified atom stereocenters. The highest BCUT2D eigenvalue weighted by molar-refractivity contribution is 4.97. The Morgan fingerprint density at radius 3 is 2.88 bits per heavy atom.